The van der Waals surface area contributed by atoms with Gasteiger partial charge in [-0.25, -0.2) is 26.8 Å². The van der Waals surface area contributed by atoms with Gasteiger partial charge in [-0.15, -0.1) is 0 Å². The number of halogens is 1. The molecule has 162 valence electrons. The van der Waals surface area contributed by atoms with Crippen LogP contribution in [0, 0.1) is 0 Å². The third kappa shape index (κ3) is 5.02. The van der Waals surface area contributed by atoms with Crippen LogP contribution in [0.3, 0.4) is 0 Å². The minimum absolute atomic E-state index is 0.00851. The van der Waals surface area contributed by atoms with Crippen LogP contribution in [-0.2, 0) is 20.0 Å². The molecule has 3 rings (SSSR count). The van der Waals surface area contributed by atoms with Gasteiger partial charge in [0.1, 0.15) is 5.82 Å². The number of fused-ring (bicyclic) bond motifs is 1. The number of imidazole rings is 1. The molecule has 0 fully saturated rings. The van der Waals surface area contributed by atoms with Crippen LogP contribution < -0.4 is 9.44 Å². The van der Waals surface area contributed by atoms with Crippen molar-refractivity contribution in [2.24, 2.45) is 0 Å². The number of pyridine rings is 1. The van der Waals surface area contributed by atoms with Gasteiger partial charge < -0.3 is 4.98 Å². The van der Waals surface area contributed by atoms with Crippen molar-refractivity contribution in [1.82, 2.24) is 15.0 Å². The van der Waals surface area contributed by atoms with Crippen LogP contribution in [0.4, 0.5) is 11.4 Å². The van der Waals surface area contributed by atoms with Crippen molar-refractivity contribution in [2.75, 3.05) is 15.2 Å². The van der Waals surface area contributed by atoms with E-state index in [9.17, 15) is 16.8 Å². The highest BCUT2D eigenvalue weighted by atomic mass is 35.5. The van der Waals surface area contributed by atoms with Crippen LogP contribution in [0.2, 0.25) is 5.02 Å². The maximum Gasteiger partial charge on any atom is 0.235 e. The molecule has 0 bridgehead atoms. The zero-order chi connectivity index (χ0) is 22.1. The Hall–Kier alpha value is -2.37. The number of hydrogen-bond acceptors (Lipinski definition) is 6. The summed E-state index contributed by atoms with van der Waals surface area (Å²) >= 11 is 6.29. The van der Waals surface area contributed by atoms with Gasteiger partial charge >= 0.3 is 0 Å². The monoisotopic (exact) mass is 471 g/mol. The number of nitrogens with one attached hydrogen (secondary N) is 3. The molecule has 0 aliphatic carbocycles. The number of H-pyrrole nitrogens is 1. The highest BCUT2D eigenvalue weighted by molar-refractivity contribution is 7.93. The second-order valence-electron chi connectivity index (χ2n) is 6.99. The standard InChI is InChI=1S/C18H22ClN5O4S2/c1-4-7-29(25,26)23-12-5-6-15(19)14(8-12)17-21-16-9-13(10-20-18(16)22-17)24-30(27,28)11(2)3/h5-6,8-11,23-24H,4,7H2,1-3H3,(H,20,21,22). The first-order valence-corrected chi connectivity index (χ1v) is 12.8. The molecular weight excluding hydrogens is 450 g/mol. The van der Waals surface area contributed by atoms with Gasteiger partial charge in [0.15, 0.2) is 5.65 Å². The molecule has 0 aliphatic heterocycles. The first-order chi connectivity index (χ1) is 14.0. The van der Waals surface area contributed by atoms with Gasteiger partial charge in [0, 0.05) is 11.3 Å². The largest absolute Gasteiger partial charge is 0.336 e. The summed E-state index contributed by atoms with van der Waals surface area (Å²) in [6.45, 7) is 4.93. The first-order valence-electron chi connectivity index (χ1n) is 9.18. The van der Waals surface area contributed by atoms with Crippen molar-refractivity contribution in [3.63, 3.8) is 0 Å². The summed E-state index contributed by atoms with van der Waals surface area (Å²) in [5.41, 5.74) is 2.02. The Kier molecular flexibility index (Phi) is 6.25. The van der Waals surface area contributed by atoms with E-state index < -0.39 is 25.3 Å². The van der Waals surface area contributed by atoms with Crippen molar-refractivity contribution >= 4 is 54.2 Å². The number of rotatable bonds is 8. The maximum absolute atomic E-state index is 12.1. The Balaban J connectivity index is 1.96. The SMILES string of the molecule is CCCS(=O)(=O)Nc1ccc(Cl)c(-c2nc3ncc(NS(=O)(=O)C(C)C)cc3[nH]2)c1. The maximum atomic E-state index is 12.1. The predicted molar refractivity (Wildman–Crippen MR) is 120 cm³/mol. The van der Waals surface area contributed by atoms with E-state index in [2.05, 4.69) is 24.4 Å². The summed E-state index contributed by atoms with van der Waals surface area (Å²) in [5, 5.41) is -0.225. The third-order valence-corrected chi connectivity index (χ3v) is 7.77. The molecule has 0 unspecified atom stereocenters. The molecule has 0 spiro atoms. The average molecular weight is 472 g/mol. The first kappa shape index (κ1) is 22.3. The lowest BCUT2D eigenvalue weighted by Crippen LogP contribution is -2.22. The molecule has 1 aromatic carbocycles. The van der Waals surface area contributed by atoms with Gasteiger partial charge in [-0.2, -0.15) is 0 Å². The molecule has 9 nitrogen and oxygen atoms in total. The summed E-state index contributed by atoms with van der Waals surface area (Å²) in [5.74, 6) is 0.386. The quantitative estimate of drug-likeness (QED) is 0.459. The summed E-state index contributed by atoms with van der Waals surface area (Å²) in [6, 6.07) is 6.30. The normalized spacial score (nSPS) is 12.4. The lowest BCUT2D eigenvalue weighted by molar-refractivity contribution is 0.592. The molecule has 0 saturated heterocycles. The number of aromatic nitrogens is 3. The van der Waals surface area contributed by atoms with E-state index in [1.807, 2.05) is 0 Å². The van der Waals surface area contributed by atoms with E-state index in [-0.39, 0.29) is 5.75 Å². The van der Waals surface area contributed by atoms with E-state index >= 15 is 0 Å². The Morgan fingerprint density at radius 2 is 1.83 bits per heavy atom. The topological polar surface area (TPSA) is 134 Å². The molecule has 30 heavy (non-hydrogen) atoms. The van der Waals surface area contributed by atoms with Crippen molar-refractivity contribution in [3.05, 3.63) is 35.5 Å². The highest BCUT2D eigenvalue weighted by Gasteiger charge is 2.17. The molecule has 0 saturated carbocycles. The zero-order valence-corrected chi connectivity index (χ0v) is 19.0. The number of hydrogen-bond donors (Lipinski definition) is 3. The van der Waals surface area contributed by atoms with E-state index in [1.165, 1.54) is 6.20 Å². The van der Waals surface area contributed by atoms with Crippen molar-refractivity contribution in [2.45, 2.75) is 32.4 Å². The van der Waals surface area contributed by atoms with Gasteiger partial charge in [0.25, 0.3) is 0 Å². The highest BCUT2D eigenvalue weighted by Crippen LogP contribution is 2.31. The van der Waals surface area contributed by atoms with E-state index in [0.717, 1.165) is 0 Å². The summed E-state index contributed by atoms with van der Waals surface area (Å²) in [6.07, 6.45) is 1.87. The fraction of sp³-hybridized carbons (Fsp3) is 0.333. The van der Waals surface area contributed by atoms with E-state index in [1.54, 1.807) is 45.0 Å². The number of anilines is 2. The van der Waals surface area contributed by atoms with Gasteiger partial charge in [-0.3, -0.25) is 9.44 Å². The molecular formula is C18H22ClN5O4S2. The van der Waals surface area contributed by atoms with Crippen LogP contribution in [0.15, 0.2) is 30.5 Å². The molecule has 3 aromatic rings. The summed E-state index contributed by atoms with van der Waals surface area (Å²) in [4.78, 5) is 11.6. The molecule has 0 radical (unpaired) electrons. The lowest BCUT2D eigenvalue weighted by Gasteiger charge is -2.09. The summed E-state index contributed by atoms with van der Waals surface area (Å²) < 4.78 is 53.2. The smallest absolute Gasteiger partial charge is 0.235 e. The van der Waals surface area contributed by atoms with Crippen molar-refractivity contribution in [3.8, 4) is 11.4 Å². The van der Waals surface area contributed by atoms with E-state index in [0.29, 0.717) is 45.4 Å². The fourth-order valence-corrected chi connectivity index (χ4v) is 4.64. The number of sulfonamides is 2. The Morgan fingerprint density at radius 3 is 2.50 bits per heavy atom. The van der Waals surface area contributed by atoms with Crippen molar-refractivity contribution in [1.29, 1.82) is 0 Å². The van der Waals surface area contributed by atoms with Gasteiger partial charge in [-0.1, -0.05) is 18.5 Å². The average Bonchev–Trinajstić information content (AvgIpc) is 3.05. The molecule has 2 heterocycles. The molecule has 0 amide bonds. The fourth-order valence-electron chi connectivity index (χ4n) is 2.64. The van der Waals surface area contributed by atoms with Crippen LogP contribution in [0.1, 0.15) is 27.2 Å². The van der Waals surface area contributed by atoms with Crippen LogP contribution in [-0.4, -0.2) is 42.8 Å². The minimum Gasteiger partial charge on any atom is -0.336 e. The second-order valence-corrected chi connectivity index (χ2v) is 11.5. The van der Waals surface area contributed by atoms with Crippen molar-refractivity contribution < 1.29 is 16.8 Å². The Morgan fingerprint density at radius 1 is 1.10 bits per heavy atom. The zero-order valence-electron chi connectivity index (χ0n) is 16.6. The van der Waals surface area contributed by atoms with Crippen LogP contribution in [0.5, 0.6) is 0 Å². The predicted octanol–water partition coefficient (Wildman–Crippen LogP) is 3.58. The van der Waals surface area contributed by atoms with Crippen LogP contribution in [0.25, 0.3) is 22.6 Å². The van der Waals surface area contributed by atoms with Crippen LogP contribution >= 0.6 is 11.6 Å². The lowest BCUT2D eigenvalue weighted by atomic mass is 10.2. The Bertz CT molecular complexity index is 1290. The number of nitrogens with zero attached hydrogens (tertiary/aromatic N) is 2. The summed E-state index contributed by atoms with van der Waals surface area (Å²) in [7, 11) is -6.96. The molecule has 3 N–H and O–H groups in total. The van der Waals surface area contributed by atoms with Gasteiger partial charge in [-0.05, 0) is 44.5 Å². The van der Waals surface area contributed by atoms with Gasteiger partial charge in [0.2, 0.25) is 20.0 Å². The molecule has 2 aromatic heterocycles. The molecule has 0 aliphatic rings. The number of aromatic amines is 1. The van der Waals surface area contributed by atoms with E-state index in [4.69, 9.17) is 11.6 Å². The molecule has 12 heteroatoms. The molecule has 0 atom stereocenters. The Labute approximate surface area is 180 Å². The van der Waals surface area contributed by atoms with Gasteiger partial charge in [0.05, 0.1) is 33.4 Å². The third-order valence-electron chi connectivity index (χ3n) is 4.19. The second kappa shape index (κ2) is 8.40. The number of benzene rings is 1. The minimum atomic E-state index is -3.51.